The van der Waals surface area contributed by atoms with Gasteiger partial charge in [-0.1, -0.05) is 20.8 Å². The number of ether oxygens (including phenoxy) is 1. The van der Waals surface area contributed by atoms with Crippen LogP contribution in [0.2, 0.25) is 0 Å². The van der Waals surface area contributed by atoms with E-state index in [2.05, 4.69) is 26.1 Å². The van der Waals surface area contributed by atoms with E-state index in [1.54, 1.807) is 24.3 Å². The molecule has 5 heteroatoms. The van der Waals surface area contributed by atoms with Crippen LogP contribution in [0.15, 0.2) is 29.2 Å². The van der Waals surface area contributed by atoms with Crippen LogP contribution in [-0.2, 0) is 9.84 Å². The van der Waals surface area contributed by atoms with Crippen molar-refractivity contribution in [2.75, 3.05) is 18.9 Å². The lowest BCUT2D eigenvalue weighted by Gasteiger charge is -2.22. The quantitative estimate of drug-likeness (QED) is 0.784. The third kappa shape index (κ3) is 7.36. The van der Waals surface area contributed by atoms with Crippen molar-refractivity contribution < 1.29 is 13.2 Å². The fourth-order valence-electron chi connectivity index (χ4n) is 1.80. The van der Waals surface area contributed by atoms with Crippen molar-refractivity contribution in [2.24, 2.45) is 5.41 Å². The van der Waals surface area contributed by atoms with Gasteiger partial charge in [-0.15, -0.1) is 0 Å². The summed E-state index contributed by atoms with van der Waals surface area (Å²) in [5, 5.41) is 3.20. The second-order valence-electron chi connectivity index (χ2n) is 7.77. The van der Waals surface area contributed by atoms with Crippen molar-refractivity contribution >= 4 is 9.84 Å². The summed E-state index contributed by atoms with van der Waals surface area (Å²) in [6.45, 7) is 13.5. The average molecular weight is 342 g/mol. The molecule has 0 aliphatic carbocycles. The minimum Gasteiger partial charge on any atom is -0.493 e. The molecule has 1 rings (SSSR count). The molecule has 0 aromatic heterocycles. The number of hydrogen-bond donors (Lipinski definition) is 1. The Hall–Kier alpha value is -1.07. The van der Waals surface area contributed by atoms with E-state index in [1.807, 2.05) is 20.8 Å². The zero-order valence-corrected chi connectivity index (χ0v) is 16.1. The molecule has 0 fully saturated rings. The predicted octanol–water partition coefficient (Wildman–Crippen LogP) is 3.66. The van der Waals surface area contributed by atoms with Gasteiger partial charge in [0.2, 0.25) is 0 Å². The number of sulfone groups is 1. The first-order valence-electron chi connectivity index (χ1n) is 8.16. The summed E-state index contributed by atoms with van der Waals surface area (Å²) in [4.78, 5) is 0.343. The lowest BCUT2D eigenvalue weighted by atomic mass is 9.92. The van der Waals surface area contributed by atoms with Crippen LogP contribution in [0, 0.1) is 5.41 Å². The van der Waals surface area contributed by atoms with Gasteiger partial charge in [0, 0.05) is 12.1 Å². The first kappa shape index (κ1) is 20.0. The summed E-state index contributed by atoms with van der Waals surface area (Å²) < 4.78 is 30.4. The van der Waals surface area contributed by atoms with E-state index in [4.69, 9.17) is 4.74 Å². The van der Waals surface area contributed by atoms with Crippen LogP contribution in [0.5, 0.6) is 5.75 Å². The largest absolute Gasteiger partial charge is 0.493 e. The van der Waals surface area contributed by atoms with Crippen molar-refractivity contribution in [3.8, 4) is 5.75 Å². The molecule has 4 nitrogen and oxygen atoms in total. The topological polar surface area (TPSA) is 55.4 Å². The molecule has 1 aromatic carbocycles. The first-order valence-corrected chi connectivity index (χ1v) is 9.81. The highest BCUT2D eigenvalue weighted by atomic mass is 32.2. The number of nitrogens with one attached hydrogen (secondary N) is 1. The minimum absolute atomic E-state index is 0.0840. The zero-order valence-electron chi connectivity index (χ0n) is 15.3. The molecule has 1 aromatic rings. The Labute approximate surface area is 141 Å². The Morgan fingerprint density at radius 1 is 1.04 bits per heavy atom. The highest BCUT2D eigenvalue weighted by Gasteiger charge is 2.18. The monoisotopic (exact) mass is 341 g/mol. The van der Waals surface area contributed by atoms with Crippen molar-refractivity contribution in [3.63, 3.8) is 0 Å². The molecule has 0 amide bonds. The van der Waals surface area contributed by atoms with Crippen LogP contribution in [0.4, 0.5) is 0 Å². The SMILES string of the molecule is CCC(C)(C)COc1ccc(S(=O)(=O)CCNC(C)(C)C)cc1. The Morgan fingerprint density at radius 3 is 2.09 bits per heavy atom. The molecule has 0 aliphatic rings. The molecule has 0 spiro atoms. The van der Waals surface area contributed by atoms with Crippen molar-refractivity contribution in [1.29, 1.82) is 0 Å². The molecule has 0 bridgehead atoms. The van der Waals surface area contributed by atoms with Gasteiger partial charge >= 0.3 is 0 Å². The standard InChI is InChI=1S/C18H31NO3S/c1-7-18(5,6)14-22-15-8-10-16(11-9-15)23(20,21)13-12-19-17(2,3)4/h8-11,19H,7,12-14H2,1-6H3. The summed E-state index contributed by atoms with van der Waals surface area (Å²) in [6, 6.07) is 6.72. The fraction of sp³-hybridized carbons (Fsp3) is 0.667. The fourth-order valence-corrected chi connectivity index (χ4v) is 2.96. The molecule has 0 saturated heterocycles. The van der Waals surface area contributed by atoms with Gasteiger partial charge < -0.3 is 10.1 Å². The molecule has 0 radical (unpaired) electrons. The van der Waals surface area contributed by atoms with Gasteiger partial charge in [0.15, 0.2) is 9.84 Å². The van der Waals surface area contributed by atoms with Crippen LogP contribution in [0.3, 0.4) is 0 Å². The third-order valence-electron chi connectivity index (χ3n) is 3.80. The molecule has 0 unspecified atom stereocenters. The molecule has 132 valence electrons. The molecule has 23 heavy (non-hydrogen) atoms. The van der Waals surface area contributed by atoms with Gasteiger partial charge in [-0.2, -0.15) is 0 Å². The van der Waals surface area contributed by atoms with Crippen LogP contribution >= 0.6 is 0 Å². The van der Waals surface area contributed by atoms with Crippen molar-refractivity contribution in [1.82, 2.24) is 5.32 Å². The molecule has 0 heterocycles. The van der Waals surface area contributed by atoms with Gasteiger partial charge in [0.1, 0.15) is 5.75 Å². The molecule has 0 aliphatic heterocycles. The number of rotatable bonds is 8. The Morgan fingerprint density at radius 2 is 1.61 bits per heavy atom. The zero-order chi connectivity index (χ0) is 17.7. The summed E-state index contributed by atoms with van der Waals surface area (Å²) in [5.41, 5.74) is 0.0304. The summed E-state index contributed by atoms with van der Waals surface area (Å²) >= 11 is 0. The lowest BCUT2D eigenvalue weighted by molar-refractivity contribution is 0.175. The van der Waals surface area contributed by atoms with Crippen LogP contribution in [0.1, 0.15) is 48.0 Å². The average Bonchev–Trinajstić information content (AvgIpc) is 2.44. The molecule has 0 atom stereocenters. The van der Waals surface area contributed by atoms with E-state index in [1.165, 1.54) is 0 Å². The smallest absolute Gasteiger partial charge is 0.179 e. The summed E-state index contributed by atoms with van der Waals surface area (Å²) in [5.74, 6) is 0.797. The van der Waals surface area contributed by atoms with E-state index in [9.17, 15) is 8.42 Å². The van der Waals surface area contributed by atoms with Crippen LogP contribution < -0.4 is 10.1 Å². The molecule has 1 N–H and O–H groups in total. The van der Waals surface area contributed by atoms with Gasteiger partial charge in [-0.25, -0.2) is 8.42 Å². The summed E-state index contributed by atoms with van der Waals surface area (Å²) in [7, 11) is -3.27. The van der Waals surface area contributed by atoms with Gasteiger partial charge in [-0.3, -0.25) is 0 Å². The van der Waals surface area contributed by atoms with Crippen LogP contribution in [-0.4, -0.2) is 32.9 Å². The molecular weight excluding hydrogens is 310 g/mol. The second-order valence-corrected chi connectivity index (χ2v) is 9.88. The maximum absolute atomic E-state index is 12.3. The molecule has 0 saturated carbocycles. The van der Waals surface area contributed by atoms with E-state index in [0.717, 1.165) is 6.42 Å². The third-order valence-corrected chi connectivity index (χ3v) is 5.53. The summed E-state index contributed by atoms with van der Waals surface area (Å²) in [6.07, 6.45) is 1.03. The lowest BCUT2D eigenvalue weighted by Crippen LogP contribution is -2.38. The van der Waals surface area contributed by atoms with E-state index < -0.39 is 9.84 Å². The predicted molar refractivity (Wildman–Crippen MR) is 95.8 cm³/mol. The highest BCUT2D eigenvalue weighted by Crippen LogP contribution is 2.23. The van der Waals surface area contributed by atoms with E-state index in [0.29, 0.717) is 23.8 Å². The van der Waals surface area contributed by atoms with Gasteiger partial charge in [0.05, 0.1) is 17.3 Å². The van der Waals surface area contributed by atoms with Gasteiger partial charge in [0.25, 0.3) is 0 Å². The minimum atomic E-state index is -3.27. The number of hydrogen-bond acceptors (Lipinski definition) is 4. The Kier molecular flexibility index (Phi) is 6.66. The Balaban J connectivity index is 2.64. The normalized spacial score (nSPS) is 13.1. The van der Waals surface area contributed by atoms with Gasteiger partial charge in [-0.05, 0) is 56.9 Å². The maximum atomic E-state index is 12.3. The van der Waals surface area contributed by atoms with E-state index >= 15 is 0 Å². The highest BCUT2D eigenvalue weighted by molar-refractivity contribution is 7.91. The van der Waals surface area contributed by atoms with E-state index in [-0.39, 0.29) is 16.7 Å². The first-order chi connectivity index (χ1) is 10.5. The second kappa shape index (κ2) is 7.67. The maximum Gasteiger partial charge on any atom is 0.179 e. The molecular formula is C18H31NO3S. The van der Waals surface area contributed by atoms with Crippen molar-refractivity contribution in [2.45, 2.75) is 58.4 Å². The van der Waals surface area contributed by atoms with Crippen molar-refractivity contribution in [3.05, 3.63) is 24.3 Å². The Bertz CT molecular complexity index is 584. The van der Waals surface area contributed by atoms with Crippen LogP contribution in [0.25, 0.3) is 0 Å². The number of benzene rings is 1.